The molecule has 94 valence electrons. The van der Waals surface area contributed by atoms with Gasteiger partial charge in [0, 0.05) is 6.92 Å². The zero-order valence-corrected chi connectivity index (χ0v) is 10.7. The first-order valence-electron chi connectivity index (χ1n) is 6.03. The Morgan fingerprint density at radius 2 is 2.18 bits per heavy atom. The maximum Gasteiger partial charge on any atom is 0.303 e. The molecule has 1 rings (SSSR count). The van der Waals surface area contributed by atoms with E-state index >= 15 is 0 Å². The van der Waals surface area contributed by atoms with Gasteiger partial charge < -0.3 is 9.47 Å². The topological polar surface area (TPSA) is 35.5 Å². The van der Waals surface area contributed by atoms with Gasteiger partial charge in [0.05, 0.1) is 6.61 Å². The van der Waals surface area contributed by atoms with Gasteiger partial charge in [0.1, 0.15) is 11.9 Å². The van der Waals surface area contributed by atoms with E-state index in [1.54, 1.807) is 0 Å². The van der Waals surface area contributed by atoms with Crippen LogP contribution in [0.1, 0.15) is 45.3 Å². The highest BCUT2D eigenvalue weighted by molar-refractivity contribution is 5.66. The summed E-state index contributed by atoms with van der Waals surface area (Å²) in [5.41, 5.74) is 0.953. The minimum atomic E-state index is -0.269. The van der Waals surface area contributed by atoms with Gasteiger partial charge in [-0.25, -0.2) is 0 Å². The van der Waals surface area contributed by atoms with Crippen molar-refractivity contribution in [2.45, 2.75) is 39.7 Å². The predicted molar refractivity (Wildman–Crippen MR) is 67.0 cm³/mol. The van der Waals surface area contributed by atoms with Crippen LogP contribution in [0.25, 0.3) is 0 Å². The molecule has 1 atom stereocenters. The smallest absolute Gasteiger partial charge is 0.303 e. The van der Waals surface area contributed by atoms with Crippen molar-refractivity contribution >= 4 is 5.97 Å². The fourth-order valence-electron chi connectivity index (χ4n) is 1.51. The van der Waals surface area contributed by atoms with Crippen molar-refractivity contribution in [2.24, 2.45) is 0 Å². The minimum Gasteiger partial charge on any atom is -0.494 e. The van der Waals surface area contributed by atoms with E-state index in [1.165, 1.54) is 6.92 Å². The number of unbranched alkanes of at least 4 members (excludes halogenated alkanes) is 1. The number of rotatable bonds is 6. The molecule has 0 heterocycles. The van der Waals surface area contributed by atoms with E-state index in [2.05, 4.69) is 6.92 Å². The zero-order chi connectivity index (χ0) is 12.7. The van der Waals surface area contributed by atoms with E-state index in [4.69, 9.17) is 9.47 Å². The van der Waals surface area contributed by atoms with Crippen molar-refractivity contribution in [1.29, 1.82) is 0 Å². The molecule has 0 aliphatic rings. The van der Waals surface area contributed by atoms with E-state index in [0.29, 0.717) is 0 Å². The molecule has 0 spiro atoms. The molecule has 17 heavy (non-hydrogen) atoms. The number of esters is 1. The molecule has 0 saturated heterocycles. The average molecular weight is 236 g/mol. The Hall–Kier alpha value is -1.51. The monoisotopic (exact) mass is 236 g/mol. The maximum absolute atomic E-state index is 10.9. The Morgan fingerprint density at radius 3 is 2.82 bits per heavy atom. The lowest BCUT2D eigenvalue weighted by Crippen LogP contribution is -2.05. The standard InChI is InChI=1S/C14H20O3/c1-4-5-9-16-14-8-6-7-13(10-14)11(2)17-12(3)15/h6-8,10-11H,4-5,9H2,1-3H3. The van der Waals surface area contributed by atoms with Crippen molar-refractivity contribution in [2.75, 3.05) is 6.61 Å². The first-order chi connectivity index (χ1) is 8.13. The predicted octanol–water partition coefficient (Wildman–Crippen LogP) is 3.49. The van der Waals surface area contributed by atoms with E-state index in [0.717, 1.165) is 30.8 Å². The second kappa shape index (κ2) is 6.94. The Labute approximate surface area is 103 Å². The normalized spacial score (nSPS) is 11.9. The van der Waals surface area contributed by atoms with E-state index < -0.39 is 0 Å². The van der Waals surface area contributed by atoms with Crippen LogP contribution in [0.3, 0.4) is 0 Å². The van der Waals surface area contributed by atoms with Crippen molar-refractivity contribution in [3.8, 4) is 5.75 Å². The number of ether oxygens (including phenoxy) is 2. The third-order valence-electron chi connectivity index (χ3n) is 2.44. The number of carbonyl (C=O) groups excluding carboxylic acids is 1. The van der Waals surface area contributed by atoms with Gasteiger partial charge >= 0.3 is 5.97 Å². The lowest BCUT2D eigenvalue weighted by molar-refractivity contribution is -0.145. The molecule has 0 N–H and O–H groups in total. The van der Waals surface area contributed by atoms with Crippen molar-refractivity contribution in [1.82, 2.24) is 0 Å². The molecular formula is C14H20O3. The summed E-state index contributed by atoms with van der Waals surface area (Å²) >= 11 is 0. The van der Waals surface area contributed by atoms with Crippen LogP contribution in [0.2, 0.25) is 0 Å². The largest absolute Gasteiger partial charge is 0.494 e. The van der Waals surface area contributed by atoms with E-state index in [-0.39, 0.29) is 12.1 Å². The van der Waals surface area contributed by atoms with Crippen molar-refractivity contribution in [3.05, 3.63) is 29.8 Å². The molecule has 0 aliphatic carbocycles. The van der Waals surface area contributed by atoms with Crippen LogP contribution in [0.5, 0.6) is 5.75 Å². The summed E-state index contributed by atoms with van der Waals surface area (Å²) < 4.78 is 10.7. The highest BCUT2D eigenvalue weighted by Crippen LogP contribution is 2.21. The van der Waals surface area contributed by atoms with Crippen LogP contribution in [-0.2, 0) is 9.53 Å². The maximum atomic E-state index is 10.9. The summed E-state index contributed by atoms with van der Waals surface area (Å²) in [5.74, 6) is 0.560. The zero-order valence-electron chi connectivity index (χ0n) is 10.7. The van der Waals surface area contributed by atoms with Crippen LogP contribution in [0.15, 0.2) is 24.3 Å². The Balaban J connectivity index is 2.61. The highest BCUT2D eigenvalue weighted by Gasteiger charge is 2.09. The molecule has 3 nitrogen and oxygen atoms in total. The summed E-state index contributed by atoms with van der Waals surface area (Å²) in [4.78, 5) is 10.9. The number of hydrogen-bond acceptors (Lipinski definition) is 3. The van der Waals surface area contributed by atoms with Crippen molar-refractivity contribution < 1.29 is 14.3 Å². The first-order valence-corrected chi connectivity index (χ1v) is 6.03. The second-order valence-electron chi connectivity index (χ2n) is 4.03. The summed E-state index contributed by atoms with van der Waals surface area (Å²) in [5, 5.41) is 0. The van der Waals surface area contributed by atoms with Crippen LogP contribution in [0, 0.1) is 0 Å². The summed E-state index contributed by atoms with van der Waals surface area (Å²) in [7, 11) is 0. The molecule has 1 aromatic carbocycles. The summed E-state index contributed by atoms with van der Waals surface area (Å²) in [6.07, 6.45) is 1.93. The lowest BCUT2D eigenvalue weighted by Gasteiger charge is -2.13. The minimum absolute atomic E-state index is 0.234. The molecule has 0 amide bonds. The van der Waals surface area contributed by atoms with Gasteiger partial charge in [0.25, 0.3) is 0 Å². The van der Waals surface area contributed by atoms with E-state index in [1.807, 2.05) is 31.2 Å². The number of benzene rings is 1. The Morgan fingerprint density at radius 1 is 1.41 bits per heavy atom. The average Bonchev–Trinajstić information content (AvgIpc) is 2.29. The molecule has 1 aromatic rings. The summed E-state index contributed by atoms with van der Waals surface area (Å²) in [6.45, 7) is 6.12. The molecule has 0 fully saturated rings. The molecular weight excluding hydrogens is 216 g/mol. The van der Waals surface area contributed by atoms with Gasteiger partial charge in [-0.15, -0.1) is 0 Å². The SMILES string of the molecule is CCCCOc1cccc(C(C)OC(C)=O)c1. The second-order valence-corrected chi connectivity index (χ2v) is 4.03. The molecule has 0 saturated carbocycles. The van der Waals surface area contributed by atoms with Gasteiger partial charge in [-0.1, -0.05) is 25.5 Å². The highest BCUT2D eigenvalue weighted by atomic mass is 16.5. The van der Waals surface area contributed by atoms with Crippen LogP contribution in [0.4, 0.5) is 0 Å². The molecule has 1 unspecified atom stereocenters. The van der Waals surface area contributed by atoms with Gasteiger partial charge in [-0.3, -0.25) is 4.79 Å². The van der Waals surface area contributed by atoms with Crippen LogP contribution in [-0.4, -0.2) is 12.6 Å². The van der Waals surface area contributed by atoms with Gasteiger partial charge in [0.15, 0.2) is 0 Å². The molecule has 0 aliphatic heterocycles. The van der Waals surface area contributed by atoms with Crippen LogP contribution < -0.4 is 4.74 Å². The molecule has 3 heteroatoms. The lowest BCUT2D eigenvalue weighted by atomic mass is 10.1. The summed E-state index contributed by atoms with van der Waals surface area (Å²) in [6, 6.07) is 7.68. The van der Waals surface area contributed by atoms with E-state index in [9.17, 15) is 4.79 Å². The molecule has 0 radical (unpaired) electrons. The number of hydrogen-bond donors (Lipinski definition) is 0. The van der Waals surface area contributed by atoms with Crippen molar-refractivity contribution in [3.63, 3.8) is 0 Å². The van der Waals surface area contributed by atoms with Gasteiger partial charge in [0.2, 0.25) is 0 Å². The van der Waals surface area contributed by atoms with Gasteiger partial charge in [-0.2, -0.15) is 0 Å². The Bertz CT molecular complexity index is 360. The van der Waals surface area contributed by atoms with Gasteiger partial charge in [-0.05, 0) is 31.0 Å². The first kappa shape index (κ1) is 13.6. The van der Waals surface area contributed by atoms with Crippen LogP contribution >= 0.6 is 0 Å². The third-order valence-corrected chi connectivity index (χ3v) is 2.44. The third kappa shape index (κ3) is 4.89. The molecule has 0 aromatic heterocycles. The molecule has 0 bridgehead atoms. The number of carbonyl (C=O) groups is 1. The Kier molecular flexibility index (Phi) is 5.53. The fourth-order valence-corrected chi connectivity index (χ4v) is 1.51. The quantitative estimate of drug-likeness (QED) is 0.560. The fraction of sp³-hybridized carbons (Fsp3) is 0.500.